The Morgan fingerprint density at radius 3 is 2.20 bits per heavy atom. The number of rotatable bonds is 4. The van der Waals surface area contributed by atoms with Crippen LogP contribution in [0, 0.1) is 5.92 Å². The molecule has 0 N–H and O–H groups in total. The van der Waals surface area contributed by atoms with Crippen molar-refractivity contribution in [3.63, 3.8) is 0 Å². The van der Waals surface area contributed by atoms with Gasteiger partial charge in [0.15, 0.2) is 5.78 Å². The summed E-state index contributed by atoms with van der Waals surface area (Å²) in [6, 6.07) is 0. The van der Waals surface area contributed by atoms with E-state index >= 15 is 0 Å². The van der Waals surface area contributed by atoms with Crippen LogP contribution in [0.4, 0.5) is 0 Å². The molecule has 2 nitrogen and oxygen atoms in total. The van der Waals surface area contributed by atoms with E-state index in [9.17, 15) is 4.79 Å². The highest BCUT2D eigenvalue weighted by molar-refractivity contribution is 5.90. The zero-order valence-electron chi connectivity index (χ0n) is 10.7. The van der Waals surface area contributed by atoms with Gasteiger partial charge in [0.05, 0.1) is 5.54 Å². The first-order valence-corrected chi connectivity index (χ1v) is 6.26. The van der Waals surface area contributed by atoms with Crippen LogP contribution in [0.3, 0.4) is 0 Å². The van der Waals surface area contributed by atoms with Gasteiger partial charge < -0.3 is 0 Å². The van der Waals surface area contributed by atoms with Crippen molar-refractivity contribution in [3.05, 3.63) is 0 Å². The Bertz CT molecular complexity index is 217. The van der Waals surface area contributed by atoms with E-state index in [1.165, 1.54) is 19.3 Å². The van der Waals surface area contributed by atoms with Crippen molar-refractivity contribution < 1.29 is 4.79 Å². The minimum Gasteiger partial charge on any atom is -0.297 e. The Morgan fingerprint density at radius 2 is 1.80 bits per heavy atom. The summed E-state index contributed by atoms with van der Waals surface area (Å²) in [5, 5.41) is 0. The highest BCUT2D eigenvalue weighted by atomic mass is 16.1. The van der Waals surface area contributed by atoms with Crippen molar-refractivity contribution in [2.75, 3.05) is 14.1 Å². The fourth-order valence-corrected chi connectivity index (χ4v) is 2.69. The molecule has 15 heavy (non-hydrogen) atoms. The molecule has 0 radical (unpaired) electrons. The second-order valence-corrected chi connectivity index (χ2v) is 5.16. The van der Waals surface area contributed by atoms with E-state index in [2.05, 4.69) is 32.8 Å². The molecule has 1 unspecified atom stereocenters. The third kappa shape index (κ3) is 2.41. The first-order chi connectivity index (χ1) is 7.04. The fourth-order valence-electron chi connectivity index (χ4n) is 2.69. The van der Waals surface area contributed by atoms with Crippen molar-refractivity contribution >= 4 is 5.78 Å². The Labute approximate surface area is 94.0 Å². The van der Waals surface area contributed by atoms with Gasteiger partial charge in [-0.25, -0.2) is 0 Å². The third-order valence-electron chi connectivity index (χ3n) is 4.06. The van der Waals surface area contributed by atoms with Crippen molar-refractivity contribution in [2.24, 2.45) is 5.92 Å². The predicted octanol–water partition coefficient (Wildman–Crippen LogP) is 2.87. The summed E-state index contributed by atoms with van der Waals surface area (Å²) in [4.78, 5) is 14.6. The summed E-state index contributed by atoms with van der Waals surface area (Å²) >= 11 is 0. The van der Waals surface area contributed by atoms with Crippen molar-refractivity contribution in [1.29, 1.82) is 0 Å². The number of carbonyl (C=O) groups excluding carboxylic acids is 1. The van der Waals surface area contributed by atoms with Gasteiger partial charge >= 0.3 is 0 Å². The monoisotopic (exact) mass is 211 g/mol. The minimum absolute atomic E-state index is 0.145. The molecule has 1 aliphatic rings. The number of ketones is 1. The zero-order valence-corrected chi connectivity index (χ0v) is 10.7. The lowest BCUT2D eigenvalue weighted by atomic mass is 9.74. The van der Waals surface area contributed by atoms with Gasteiger partial charge in [0.2, 0.25) is 0 Å². The first kappa shape index (κ1) is 12.7. The summed E-state index contributed by atoms with van der Waals surface area (Å²) < 4.78 is 0. The molecule has 0 amide bonds. The molecule has 0 aromatic heterocycles. The van der Waals surface area contributed by atoms with Crippen LogP contribution in [0.2, 0.25) is 0 Å². The lowest BCUT2D eigenvalue weighted by Crippen LogP contribution is -2.54. The Hall–Kier alpha value is -0.370. The van der Waals surface area contributed by atoms with Gasteiger partial charge in [0.25, 0.3) is 0 Å². The van der Waals surface area contributed by atoms with E-state index in [0.717, 1.165) is 19.3 Å². The average molecular weight is 211 g/mol. The number of carbonyl (C=O) groups is 1. The molecule has 1 rings (SSSR count). The highest BCUT2D eigenvalue weighted by Gasteiger charge is 2.42. The van der Waals surface area contributed by atoms with Crippen LogP contribution in [0.15, 0.2) is 0 Å². The van der Waals surface area contributed by atoms with Gasteiger partial charge in [-0.2, -0.15) is 0 Å². The van der Waals surface area contributed by atoms with Crippen molar-refractivity contribution in [1.82, 2.24) is 4.90 Å². The number of hydrogen-bond donors (Lipinski definition) is 0. The largest absolute Gasteiger partial charge is 0.297 e. The van der Waals surface area contributed by atoms with E-state index < -0.39 is 0 Å². The maximum absolute atomic E-state index is 12.5. The van der Waals surface area contributed by atoms with Gasteiger partial charge in [0.1, 0.15) is 0 Å². The first-order valence-electron chi connectivity index (χ1n) is 6.26. The van der Waals surface area contributed by atoms with Crippen LogP contribution in [0.5, 0.6) is 0 Å². The quantitative estimate of drug-likeness (QED) is 0.712. The highest BCUT2D eigenvalue weighted by Crippen LogP contribution is 2.35. The lowest BCUT2D eigenvalue weighted by Gasteiger charge is -2.43. The molecule has 1 aliphatic carbocycles. The summed E-state index contributed by atoms with van der Waals surface area (Å²) in [5.74, 6) is 0.681. The van der Waals surface area contributed by atoms with Gasteiger partial charge in [-0.3, -0.25) is 9.69 Å². The fraction of sp³-hybridized carbons (Fsp3) is 0.923. The molecule has 0 aliphatic heterocycles. The molecule has 1 fully saturated rings. The summed E-state index contributed by atoms with van der Waals surface area (Å²) in [6.45, 7) is 4.18. The minimum atomic E-state index is -0.145. The SMILES string of the molecule is CCC(C)C(=O)C1(N(C)C)CCCCC1. The second-order valence-electron chi connectivity index (χ2n) is 5.16. The summed E-state index contributed by atoms with van der Waals surface area (Å²) in [6.07, 6.45) is 6.80. The molecule has 2 heteroatoms. The molecule has 1 saturated carbocycles. The summed E-state index contributed by atoms with van der Waals surface area (Å²) in [5.41, 5.74) is -0.145. The topological polar surface area (TPSA) is 20.3 Å². The van der Waals surface area contributed by atoms with Crippen LogP contribution >= 0.6 is 0 Å². The Balaban J connectivity index is 2.84. The van der Waals surface area contributed by atoms with Crippen LogP contribution in [-0.4, -0.2) is 30.3 Å². The molecular formula is C13H25NO. The second kappa shape index (κ2) is 5.11. The van der Waals surface area contributed by atoms with Gasteiger partial charge in [0, 0.05) is 5.92 Å². The third-order valence-corrected chi connectivity index (χ3v) is 4.06. The number of likely N-dealkylation sites (N-methyl/N-ethyl adjacent to an activating group) is 1. The molecule has 0 spiro atoms. The smallest absolute Gasteiger partial charge is 0.155 e. The van der Waals surface area contributed by atoms with E-state index in [1.54, 1.807) is 0 Å². The zero-order chi connectivity index (χ0) is 11.5. The summed E-state index contributed by atoms with van der Waals surface area (Å²) in [7, 11) is 4.12. The maximum Gasteiger partial charge on any atom is 0.155 e. The van der Waals surface area contributed by atoms with Crippen LogP contribution in [0.25, 0.3) is 0 Å². The van der Waals surface area contributed by atoms with Crippen LogP contribution in [0.1, 0.15) is 52.4 Å². The molecule has 0 aromatic carbocycles. The molecule has 88 valence electrons. The molecule has 0 saturated heterocycles. The lowest BCUT2D eigenvalue weighted by molar-refractivity contribution is -0.135. The van der Waals surface area contributed by atoms with Crippen LogP contribution in [-0.2, 0) is 4.79 Å². The van der Waals surface area contributed by atoms with E-state index in [0.29, 0.717) is 5.78 Å². The number of hydrogen-bond acceptors (Lipinski definition) is 2. The Morgan fingerprint density at radius 1 is 1.27 bits per heavy atom. The van der Waals surface area contributed by atoms with Crippen molar-refractivity contribution in [2.45, 2.75) is 57.9 Å². The molecule has 0 heterocycles. The van der Waals surface area contributed by atoms with Crippen molar-refractivity contribution in [3.8, 4) is 0 Å². The van der Waals surface area contributed by atoms with E-state index in [4.69, 9.17) is 0 Å². The molecule has 0 aromatic rings. The maximum atomic E-state index is 12.5. The van der Waals surface area contributed by atoms with Gasteiger partial charge in [-0.05, 0) is 33.4 Å². The van der Waals surface area contributed by atoms with E-state index in [-0.39, 0.29) is 11.5 Å². The molecule has 0 bridgehead atoms. The predicted molar refractivity (Wildman–Crippen MR) is 64.0 cm³/mol. The van der Waals surface area contributed by atoms with E-state index in [1.807, 2.05) is 0 Å². The molecule has 1 atom stereocenters. The van der Waals surface area contributed by atoms with Crippen LogP contribution < -0.4 is 0 Å². The standard InChI is InChI=1S/C13H25NO/c1-5-11(2)12(15)13(14(3)4)9-7-6-8-10-13/h11H,5-10H2,1-4H3. The normalized spacial score (nSPS) is 22.7. The van der Waals surface area contributed by atoms with Gasteiger partial charge in [-0.1, -0.05) is 33.1 Å². The van der Waals surface area contributed by atoms with Gasteiger partial charge in [-0.15, -0.1) is 0 Å². The number of Topliss-reactive ketones (excluding diaryl/α,β-unsaturated/α-hetero) is 1. The average Bonchev–Trinajstić information content (AvgIpc) is 2.27. The number of nitrogens with zero attached hydrogens (tertiary/aromatic N) is 1. The molecular weight excluding hydrogens is 186 g/mol. The Kier molecular flexibility index (Phi) is 4.32.